The van der Waals surface area contributed by atoms with Crippen molar-refractivity contribution >= 4 is 11.8 Å². The first-order chi connectivity index (χ1) is 16.0. The Morgan fingerprint density at radius 1 is 0.848 bits per heavy atom. The van der Waals surface area contributed by atoms with E-state index >= 15 is 0 Å². The van der Waals surface area contributed by atoms with Gasteiger partial charge in [-0.15, -0.1) is 0 Å². The van der Waals surface area contributed by atoms with Crippen molar-refractivity contribution < 1.29 is 18.4 Å². The number of hydrogen-bond donors (Lipinski definition) is 2. The Kier molecular flexibility index (Phi) is 5.67. The Hall–Kier alpha value is -3.54. The Labute approximate surface area is 191 Å². The molecule has 33 heavy (non-hydrogen) atoms. The van der Waals surface area contributed by atoms with Gasteiger partial charge in [-0.25, -0.2) is 8.78 Å². The average molecular weight is 446 g/mol. The highest BCUT2D eigenvalue weighted by molar-refractivity contribution is 5.94. The summed E-state index contributed by atoms with van der Waals surface area (Å²) in [7, 11) is 0. The molecule has 2 bridgehead atoms. The number of rotatable bonds is 6. The maximum Gasteiger partial charge on any atom is 0.254 e. The lowest BCUT2D eigenvalue weighted by atomic mass is 9.59. The summed E-state index contributed by atoms with van der Waals surface area (Å²) in [5.74, 6) is -1.62. The van der Waals surface area contributed by atoms with E-state index in [0.717, 1.165) is 18.6 Å². The smallest absolute Gasteiger partial charge is 0.254 e. The first kappa shape index (κ1) is 21.3. The van der Waals surface area contributed by atoms with E-state index in [4.69, 9.17) is 0 Å². The van der Waals surface area contributed by atoms with Crippen LogP contribution in [-0.4, -0.2) is 24.9 Å². The molecule has 1 atom stereocenters. The van der Waals surface area contributed by atoms with E-state index in [1.807, 2.05) is 0 Å². The molecule has 0 spiro atoms. The minimum Gasteiger partial charge on any atom is -0.356 e. The van der Waals surface area contributed by atoms with Crippen molar-refractivity contribution in [2.75, 3.05) is 13.1 Å². The quantitative estimate of drug-likeness (QED) is 0.586. The van der Waals surface area contributed by atoms with E-state index in [2.05, 4.69) is 59.2 Å². The molecule has 0 aliphatic heterocycles. The minimum absolute atomic E-state index is 0.0733. The molecule has 168 valence electrons. The minimum atomic E-state index is -0.926. The van der Waals surface area contributed by atoms with Crippen molar-refractivity contribution in [3.8, 4) is 0 Å². The molecule has 4 nitrogen and oxygen atoms in total. The molecule has 0 radical (unpaired) electrons. The van der Waals surface area contributed by atoms with Crippen molar-refractivity contribution in [1.29, 1.82) is 0 Å². The van der Waals surface area contributed by atoms with Crippen molar-refractivity contribution in [1.82, 2.24) is 10.6 Å². The predicted octanol–water partition coefficient (Wildman–Crippen LogP) is 4.50. The average Bonchev–Trinajstić information content (AvgIpc) is 2.83. The maximum atomic E-state index is 13.7. The number of amides is 2. The summed E-state index contributed by atoms with van der Waals surface area (Å²) < 4.78 is 26.7. The van der Waals surface area contributed by atoms with Crippen LogP contribution in [0.3, 0.4) is 0 Å². The zero-order chi connectivity index (χ0) is 22.9. The normalized spacial score (nSPS) is 20.0. The van der Waals surface area contributed by atoms with Gasteiger partial charge in [0.15, 0.2) is 0 Å². The lowest BCUT2D eigenvalue weighted by Gasteiger charge is -2.45. The molecule has 3 aromatic carbocycles. The lowest BCUT2D eigenvalue weighted by molar-refractivity contribution is -0.121. The van der Waals surface area contributed by atoms with Gasteiger partial charge in [-0.1, -0.05) is 48.5 Å². The number of hydrogen-bond acceptors (Lipinski definition) is 2. The molecule has 0 saturated heterocycles. The molecule has 2 N–H and O–H groups in total. The third-order valence-corrected chi connectivity index (χ3v) is 6.80. The van der Waals surface area contributed by atoms with Gasteiger partial charge in [-0.05, 0) is 46.7 Å². The number of fused-ring (bicyclic) bond motifs is 1. The number of halogens is 2. The topological polar surface area (TPSA) is 58.2 Å². The Balaban J connectivity index is 1.18. The summed E-state index contributed by atoms with van der Waals surface area (Å²) in [6.45, 7) is 0.632. The Bertz CT molecular complexity index is 1180. The van der Waals surface area contributed by atoms with E-state index in [-0.39, 0.29) is 30.4 Å². The zero-order valence-electron chi connectivity index (χ0n) is 18.0. The third-order valence-electron chi connectivity index (χ3n) is 6.80. The van der Waals surface area contributed by atoms with Crippen LogP contribution in [0.2, 0.25) is 0 Å². The molecule has 3 aromatic rings. The number of carbonyl (C=O) groups excluding carboxylic acids is 2. The fourth-order valence-electron chi connectivity index (χ4n) is 5.35. The summed E-state index contributed by atoms with van der Waals surface area (Å²) in [5, 5.41) is 5.54. The molecule has 0 fully saturated rings. The molecule has 0 heterocycles. The monoisotopic (exact) mass is 446 g/mol. The van der Waals surface area contributed by atoms with E-state index in [1.165, 1.54) is 22.3 Å². The van der Waals surface area contributed by atoms with Crippen molar-refractivity contribution in [3.05, 3.63) is 106 Å². The molecule has 0 saturated carbocycles. The van der Waals surface area contributed by atoms with Crippen LogP contribution in [0.25, 0.3) is 0 Å². The van der Waals surface area contributed by atoms with E-state index in [1.54, 1.807) is 0 Å². The number of carbonyl (C=O) groups is 2. The summed E-state index contributed by atoms with van der Waals surface area (Å²) in [6, 6.07) is 19.9. The molecular weight excluding hydrogens is 422 g/mol. The van der Waals surface area contributed by atoms with Crippen LogP contribution in [0.1, 0.15) is 57.3 Å². The van der Waals surface area contributed by atoms with Gasteiger partial charge in [-0.3, -0.25) is 9.59 Å². The van der Waals surface area contributed by atoms with Gasteiger partial charge >= 0.3 is 0 Å². The van der Waals surface area contributed by atoms with E-state index in [0.29, 0.717) is 24.4 Å². The van der Waals surface area contributed by atoms with Crippen LogP contribution in [0.5, 0.6) is 0 Å². The fourth-order valence-corrected chi connectivity index (χ4v) is 5.35. The zero-order valence-corrected chi connectivity index (χ0v) is 18.0. The maximum absolute atomic E-state index is 13.7. The van der Waals surface area contributed by atoms with Crippen LogP contribution < -0.4 is 10.6 Å². The van der Waals surface area contributed by atoms with Gasteiger partial charge in [0, 0.05) is 37.4 Å². The standard InChI is InChI=1S/C27H24F2N2O2/c28-17-9-10-22(24(29)14-17)27(33)30-12-11-25(32)31-15-16-13-23-18-5-1-3-7-20(18)26(16)21-8-4-2-6-19(21)23/h1-10,14,16,23,26H,11-13,15H2,(H,30,33)(H,31,32)/t16-,23?,26?/m0/s1. The van der Waals surface area contributed by atoms with E-state index < -0.39 is 17.5 Å². The van der Waals surface area contributed by atoms with Crippen molar-refractivity contribution in [2.24, 2.45) is 5.92 Å². The van der Waals surface area contributed by atoms with Gasteiger partial charge in [0.05, 0.1) is 5.56 Å². The summed E-state index contributed by atoms with van der Waals surface area (Å²) in [6.07, 6.45) is 1.07. The third kappa shape index (κ3) is 4.01. The molecular formula is C27H24F2N2O2. The van der Waals surface area contributed by atoms with Gasteiger partial charge < -0.3 is 10.6 Å². The molecule has 6 heteroatoms. The second-order valence-electron chi connectivity index (χ2n) is 8.72. The van der Waals surface area contributed by atoms with Crippen LogP contribution >= 0.6 is 0 Å². The molecule has 0 aromatic heterocycles. The molecule has 2 amide bonds. The second kappa shape index (κ2) is 8.77. The SMILES string of the molecule is O=C(CCNC(=O)c1ccc(F)cc1F)NC[C@@H]1CC2c3ccccc3C1c1ccccc12. The molecule has 3 aliphatic rings. The van der Waals surface area contributed by atoms with Crippen LogP contribution in [0.4, 0.5) is 8.78 Å². The highest BCUT2D eigenvalue weighted by atomic mass is 19.1. The number of nitrogens with one attached hydrogen (secondary N) is 2. The summed E-state index contributed by atoms with van der Waals surface area (Å²) in [4.78, 5) is 24.5. The lowest BCUT2D eigenvalue weighted by Crippen LogP contribution is -2.40. The molecule has 6 rings (SSSR count). The van der Waals surface area contributed by atoms with Gasteiger partial charge in [0.25, 0.3) is 5.91 Å². The first-order valence-electron chi connectivity index (χ1n) is 11.2. The first-order valence-corrected chi connectivity index (χ1v) is 11.2. The fraction of sp³-hybridized carbons (Fsp3) is 0.259. The predicted molar refractivity (Wildman–Crippen MR) is 121 cm³/mol. The van der Waals surface area contributed by atoms with Crippen LogP contribution in [0.15, 0.2) is 66.7 Å². The number of benzene rings is 3. The van der Waals surface area contributed by atoms with E-state index in [9.17, 15) is 18.4 Å². The second-order valence-corrected chi connectivity index (χ2v) is 8.72. The highest BCUT2D eigenvalue weighted by Gasteiger charge is 2.42. The summed E-state index contributed by atoms with van der Waals surface area (Å²) in [5.41, 5.74) is 5.23. The van der Waals surface area contributed by atoms with Crippen molar-refractivity contribution in [3.63, 3.8) is 0 Å². The van der Waals surface area contributed by atoms with Crippen LogP contribution in [-0.2, 0) is 4.79 Å². The van der Waals surface area contributed by atoms with Gasteiger partial charge in [-0.2, -0.15) is 0 Å². The molecule has 0 unspecified atom stereocenters. The highest BCUT2D eigenvalue weighted by Crippen LogP contribution is 2.55. The Morgan fingerprint density at radius 3 is 2.12 bits per heavy atom. The summed E-state index contributed by atoms with van der Waals surface area (Å²) >= 11 is 0. The van der Waals surface area contributed by atoms with Gasteiger partial charge in [0.1, 0.15) is 11.6 Å². The van der Waals surface area contributed by atoms with Crippen molar-refractivity contribution in [2.45, 2.75) is 24.7 Å². The molecule has 3 aliphatic carbocycles. The Morgan fingerprint density at radius 2 is 1.48 bits per heavy atom. The van der Waals surface area contributed by atoms with Gasteiger partial charge in [0.2, 0.25) is 5.91 Å². The largest absolute Gasteiger partial charge is 0.356 e. The van der Waals surface area contributed by atoms with Crippen LogP contribution in [0, 0.1) is 17.6 Å².